The normalized spacial score (nSPS) is 14.0. The second-order valence-corrected chi connectivity index (χ2v) is 6.52. The molecule has 1 saturated heterocycles. The Morgan fingerprint density at radius 3 is 2.44 bits per heavy atom. The molecule has 0 unspecified atom stereocenters. The van der Waals surface area contributed by atoms with Crippen molar-refractivity contribution < 1.29 is 4.74 Å². The highest BCUT2D eigenvalue weighted by Gasteiger charge is 2.15. The molecule has 1 aromatic heterocycles. The van der Waals surface area contributed by atoms with Crippen molar-refractivity contribution in [3.8, 4) is 0 Å². The van der Waals surface area contributed by atoms with Crippen molar-refractivity contribution in [3.05, 3.63) is 65.8 Å². The minimum atomic E-state index is 0.483. The Hall–Kier alpha value is -2.83. The topological polar surface area (TPSA) is 62.3 Å². The van der Waals surface area contributed by atoms with Gasteiger partial charge >= 0.3 is 0 Å². The first-order valence-corrected chi connectivity index (χ1v) is 9.21. The molecule has 3 aromatic rings. The fraction of sp³-hybridized carbons (Fsp3) is 0.200. The van der Waals surface area contributed by atoms with Gasteiger partial charge in [-0.25, -0.2) is 4.98 Å². The molecule has 1 aliphatic rings. The predicted octanol–water partition coefficient (Wildman–Crippen LogP) is 4.45. The van der Waals surface area contributed by atoms with E-state index in [1.807, 2.05) is 48.5 Å². The third kappa shape index (κ3) is 4.30. The summed E-state index contributed by atoms with van der Waals surface area (Å²) in [4.78, 5) is 11.2. The quantitative estimate of drug-likeness (QED) is 0.680. The van der Waals surface area contributed by atoms with Gasteiger partial charge in [0.25, 0.3) is 0 Å². The number of anilines is 5. The van der Waals surface area contributed by atoms with Crippen LogP contribution in [0.15, 0.2) is 60.8 Å². The van der Waals surface area contributed by atoms with Crippen LogP contribution in [0.25, 0.3) is 0 Å². The molecule has 2 N–H and O–H groups in total. The molecule has 0 radical (unpaired) electrons. The zero-order chi connectivity index (χ0) is 18.5. The summed E-state index contributed by atoms with van der Waals surface area (Å²) in [6.07, 6.45) is 1.71. The van der Waals surface area contributed by atoms with Crippen LogP contribution in [0.4, 0.5) is 28.8 Å². The van der Waals surface area contributed by atoms with Gasteiger partial charge in [0.05, 0.1) is 35.3 Å². The second-order valence-electron chi connectivity index (χ2n) is 6.11. The first kappa shape index (κ1) is 17.6. The van der Waals surface area contributed by atoms with Gasteiger partial charge in [-0.05, 0) is 30.3 Å². The Morgan fingerprint density at radius 1 is 0.889 bits per heavy atom. The number of aromatic nitrogens is 2. The van der Waals surface area contributed by atoms with E-state index in [1.165, 1.54) is 0 Å². The average Bonchev–Trinajstić information content (AvgIpc) is 2.71. The number of benzene rings is 2. The summed E-state index contributed by atoms with van der Waals surface area (Å²) in [7, 11) is 0. The van der Waals surface area contributed by atoms with Crippen LogP contribution in [0.2, 0.25) is 5.02 Å². The average molecular weight is 382 g/mol. The molecular weight excluding hydrogens is 362 g/mol. The van der Waals surface area contributed by atoms with Gasteiger partial charge in [0.1, 0.15) is 5.82 Å². The van der Waals surface area contributed by atoms with Crippen molar-refractivity contribution >= 4 is 40.4 Å². The zero-order valence-corrected chi connectivity index (χ0v) is 15.5. The molecule has 0 saturated carbocycles. The first-order valence-electron chi connectivity index (χ1n) is 8.83. The number of hydrogen-bond donors (Lipinski definition) is 2. The standard InChI is InChI=1S/C20H20ClN5O/c21-15-5-1-2-6-16(15)24-20-22-10-9-19(25-20)23-17-7-3-4-8-18(17)26-11-13-27-14-12-26/h1-10H,11-14H2,(H2,22,23,24,25). The Labute approximate surface area is 163 Å². The monoisotopic (exact) mass is 381 g/mol. The molecule has 27 heavy (non-hydrogen) atoms. The van der Waals surface area contributed by atoms with E-state index in [1.54, 1.807) is 6.20 Å². The molecule has 2 aromatic carbocycles. The molecule has 0 atom stereocenters. The maximum Gasteiger partial charge on any atom is 0.229 e. The summed E-state index contributed by atoms with van der Waals surface area (Å²) in [5.74, 6) is 1.19. The van der Waals surface area contributed by atoms with Crippen molar-refractivity contribution in [2.75, 3.05) is 41.8 Å². The van der Waals surface area contributed by atoms with Crippen LogP contribution in [-0.2, 0) is 4.74 Å². The highest BCUT2D eigenvalue weighted by Crippen LogP contribution is 2.29. The molecule has 0 aliphatic carbocycles. The number of rotatable bonds is 5. The van der Waals surface area contributed by atoms with E-state index in [0.717, 1.165) is 43.4 Å². The van der Waals surface area contributed by atoms with E-state index in [2.05, 4.69) is 31.6 Å². The number of halogens is 1. The van der Waals surface area contributed by atoms with Crippen LogP contribution in [0.5, 0.6) is 0 Å². The van der Waals surface area contributed by atoms with Crippen LogP contribution in [0, 0.1) is 0 Å². The summed E-state index contributed by atoms with van der Waals surface area (Å²) in [5, 5.41) is 7.18. The lowest BCUT2D eigenvalue weighted by Crippen LogP contribution is -2.36. The van der Waals surface area contributed by atoms with Crippen molar-refractivity contribution in [2.24, 2.45) is 0 Å². The van der Waals surface area contributed by atoms with E-state index < -0.39 is 0 Å². The van der Waals surface area contributed by atoms with Crippen LogP contribution >= 0.6 is 11.6 Å². The largest absolute Gasteiger partial charge is 0.378 e. The molecule has 1 aliphatic heterocycles. The SMILES string of the molecule is Clc1ccccc1Nc1nccc(Nc2ccccc2N2CCOCC2)n1. The Kier molecular flexibility index (Phi) is 5.37. The smallest absolute Gasteiger partial charge is 0.229 e. The van der Waals surface area contributed by atoms with Crippen molar-refractivity contribution in [1.29, 1.82) is 0 Å². The third-order valence-electron chi connectivity index (χ3n) is 4.29. The number of morpholine rings is 1. The van der Waals surface area contributed by atoms with E-state index in [9.17, 15) is 0 Å². The number of hydrogen-bond acceptors (Lipinski definition) is 6. The van der Waals surface area contributed by atoms with Crippen molar-refractivity contribution in [1.82, 2.24) is 9.97 Å². The first-order chi connectivity index (χ1) is 13.3. The van der Waals surface area contributed by atoms with E-state index in [4.69, 9.17) is 16.3 Å². The Bertz CT molecular complexity index is 914. The van der Waals surface area contributed by atoms with Gasteiger partial charge in [0.15, 0.2) is 0 Å². The summed E-state index contributed by atoms with van der Waals surface area (Å²) in [6.45, 7) is 3.24. The molecule has 4 rings (SSSR count). The van der Waals surface area contributed by atoms with E-state index in [0.29, 0.717) is 16.8 Å². The summed E-state index contributed by atoms with van der Waals surface area (Å²) < 4.78 is 5.46. The van der Waals surface area contributed by atoms with Crippen molar-refractivity contribution in [3.63, 3.8) is 0 Å². The van der Waals surface area contributed by atoms with Crippen LogP contribution in [0.1, 0.15) is 0 Å². The van der Waals surface area contributed by atoms with E-state index >= 15 is 0 Å². The molecule has 0 amide bonds. The maximum atomic E-state index is 6.20. The van der Waals surface area contributed by atoms with Crippen LogP contribution in [-0.4, -0.2) is 36.3 Å². The summed E-state index contributed by atoms with van der Waals surface area (Å²) >= 11 is 6.20. The van der Waals surface area contributed by atoms with Crippen molar-refractivity contribution in [2.45, 2.75) is 0 Å². The second kappa shape index (κ2) is 8.24. The predicted molar refractivity (Wildman–Crippen MR) is 110 cm³/mol. The van der Waals surface area contributed by atoms with Gasteiger partial charge in [0.2, 0.25) is 5.95 Å². The maximum absolute atomic E-state index is 6.20. The zero-order valence-electron chi connectivity index (χ0n) is 14.7. The van der Waals surface area contributed by atoms with E-state index in [-0.39, 0.29) is 0 Å². The minimum Gasteiger partial charge on any atom is -0.378 e. The Morgan fingerprint density at radius 2 is 1.63 bits per heavy atom. The molecular formula is C20H20ClN5O. The number of ether oxygens (including phenoxy) is 1. The van der Waals surface area contributed by atoms with Gasteiger partial charge in [-0.15, -0.1) is 0 Å². The van der Waals surface area contributed by atoms with Gasteiger partial charge in [-0.2, -0.15) is 4.98 Å². The third-order valence-corrected chi connectivity index (χ3v) is 4.62. The number of nitrogens with one attached hydrogen (secondary N) is 2. The Balaban J connectivity index is 1.54. The number of para-hydroxylation sites is 3. The van der Waals surface area contributed by atoms with Gasteiger partial charge in [-0.1, -0.05) is 35.9 Å². The lowest BCUT2D eigenvalue weighted by atomic mass is 10.2. The highest BCUT2D eigenvalue weighted by atomic mass is 35.5. The number of nitrogens with zero attached hydrogens (tertiary/aromatic N) is 3. The van der Waals surface area contributed by atoms with Gasteiger partial charge in [0, 0.05) is 19.3 Å². The van der Waals surface area contributed by atoms with Gasteiger partial charge in [-0.3, -0.25) is 0 Å². The summed E-state index contributed by atoms with van der Waals surface area (Å²) in [5.41, 5.74) is 2.91. The summed E-state index contributed by atoms with van der Waals surface area (Å²) in [6, 6.07) is 17.6. The van der Waals surface area contributed by atoms with Gasteiger partial charge < -0.3 is 20.3 Å². The molecule has 1 fully saturated rings. The molecule has 138 valence electrons. The lowest BCUT2D eigenvalue weighted by Gasteiger charge is -2.30. The molecule has 0 bridgehead atoms. The molecule has 7 heteroatoms. The minimum absolute atomic E-state index is 0.483. The van der Waals surface area contributed by atoms with Crippen LogP contribution in [0.3, 0.4) is 0 Å². The van der Waals surface area contributed by atoms with Crippen LogP contribution < -0.4 is 15.5 Å². The lowest BCUT2D eigenvalue weighted by molar-refractivity contribution is 0.123. The molecule has 2 heterocycles. The fourth-order valence-electron chi connectivity index (χ4n) is 2.97. The fourth-order valence-corrected chi connectivity index (χ4v) is 3.15. The molecule has 6 nitrogen and oxygen atoms in total. The molecule has 0 spiro atoms. The highest BCUT2D eigenvalue weighted by molar-refractivity contribution is 6.33.